The fraction of sp³-hybridized carbons (Fsp3) is 0.571. The minimum Gasteiger partial charge on any atom is -0.481 e. The van der Waals surface area contributed by atoms with Crippen molar-refractivity contribution < 1.29 is 29.0 Å². The molecule has 160 valence electrons. The maximum Gasteiger partial charge on any atom is 0.410 e. The molecular weight excluding hydrogens is 376 g/mol. The zero-order chi connectivity index (χ0) is 21.4. The number of carboxylic acid groups (broad SMARTS) is 1. The maximum absolute atomic E-state index is 12.7. The Hall–Kier alpha value is -2.77. The first-order chi connectivity index (χ1) is 13.7. The number of hydrogen-bond acceptors (Lipinski definition) is 5. The van der Waals surface area contributed by atoms with E-state index in [1.54, 1.807) is 20.8 Å². The van der Waals surface area contributed by atoms with E-state index in [2.05, 4.69) is 5.32 Å². The monoisotopic (exact) mass is 406 g/mol. The molecular formula is C21H30N2O6. The van der Waals surface area contributed by atoms with Crippen LogP contribution in [0.5, 0.6) is 0 Å². The van der Waals surface area contributed by atoms with Crippen molar-refractivity contribution in [2.75, 3.05) is 6.54 Å². The Morgan fingerprint density at radius 2 is 1.90 bits per heavy atom. The normalized spacial score (nSPS) is 17.9. The first kappa shape index (κ1) is 22.5. The number of ether oxygens (including phenoxy) is 2. The van der Waals surface area contributed by atoms with Crippen molar-refractivity contribution in [3.05, 3.63) is 35.9 Å². The Labute approximate surface area is 171 Å². The van der Waals surface area contributed by atoms with Crippen LogP contribution in [0.25, 0.3) is 0 Å². The van der Waals surface area contributed by atoms with Crippen molar-refractivity contribution in [3.63, 3.8) is 0 Å². The van der Waals surface area contributed by atoms with E-state index in [4.69, 9.17) is 9.47 Å². The highest BCUT2D eigenvalue weighted by Crippen LogP contribution is 2.23. The van der Waals surface area contributed by atoms with Crippen molar-refractivity contribution in [2.24, 2.45) is 0 Å². The number of benzene rings is 1. The Bertz CT molecular complexity index is 701. The van der Waals surface area contributed by atoms with Gasteiger partial charge < -0.3 is 24.8 Å². The lowest BCUT2D eigenvalue weighted by molar-refractivity contribution is -0.138. The summed E-state index contributed by atoms with van der Waals surface area (Å²) in [6, 6.07) is 8.07. The van der Waals surface area contributed by atoms with Gasteiger partial charge in [-0.3, -0.25) is 4.79 Å². The fourth-order valence-electron chi connectivity index (χ4n) is 3.33. The molecule has 1 aromatic carbocycles. The van der Waals surface area contributed by atoms with Gasteiger partial charge in [-0.25, -0.2) is 9.59 Å². The number of carbonyl (C=O) groups excluding carboxylic acids is 2. The molecule has 0 unspecified atom stereocenters. The van der Waals surface area contributed by atoms with E-state index in [-0.39, 0.29) is 13.0 Å². The van der Waals surface area contributed by atoms with Crippen LogP contribution in [0.4, 0.5) is 9.59 Å². The van der Waals surface area contributed by atoms with E-state index in [0.717, 1.165) is 18.4 Å². The average molecular weight is 406 g/mol. The highest BCUT2D eigenvalue weighted by molar-refractivity contribution is 5.73. The van der Waals surface area contributed by atoms with Crippen molar-refractivity contribution >= 4 is 18.2 Å². The average Bonchev–Trinajstić information content (AvgIpc) is 2.64. The smallest absolute Gasteiger partial charge is 0.410 e. The number of aliphatic carboxylic acids is 1. The molecule has 2 atom stereocenters. The zero-order valence-corrected chi connectivity index (χ0v) is 17.2. The maximum atomic E-state index is 12.7. The fourth-order valence-corrected chi connectivity index (χ4v) is 3.33. The van der Waals surface area contributed by atoms with Gasteiger partial charge in [-0.2, -0.15) is 0 Å². The van der Waals surface area contributed by atoms with Crippen LogP contribution in [-0.2, 0) is 20.9 Å². The summed E-state index contributed by atoms with van der Waals surface area (Å²) in [6.07, 6.45) is 0.676. The second kappa shape index (κ2) is 10.1. The largest absolute Gasteiger partial charge is 0.481 e. The van der Waals surface area contributed by atoms with Crippen LogP contribution >= 0.6 is 0 Å². The number of nitrogens with one attached hydrogen (secondary N) is 1. The second-order valence-electron chi connectivity index (χ2n) is 8.15. The molecule has 0 aliphatic carbocycles. The molecule has 1 fully saturated rings. The predicted molar refractivity (Wildman–Crippen MR) is 106 cm³/mol. The van der Waals surface area contributed by atoms with Gasteiger partial charge >= 0.3 is 18.2 Å². The number of alkyl carbamates (subject to hydrolysis) is 1. The molecule has 8 nitrogen and oxygen atoms in total. The molecule has 8 heteroatoms. The molecule has 1 aromatic rings. The Balaban J connectivity index is 2.08. The van der Waals surface area contributed by atoms with Crippen molar-refractivity contribution in [1.29, 1.82) is 0 Å². The van der Waals surface area contributed by atoms with Crippen molar-refractivity contribution in [2.45, 2.75) is 70.7 Å². The first-order valence-electron chi connectivity index (χ1n) is 9.84. The van der Waals surface area contributed by atoms with Crippen LogP contribution in [0.15, 0.2) is 30.3 Å². The Morgan fingerprint density at radius 1 is 1.21 bits per heavy atom. The van der Waals surface area contributed by atoms with Crippen LogP contribution < -0.4 is 5.32 Å². The molecule has 0 radical (unpaired) electrons. The third kappa shape index (κ3) is 7.63. The molecule has 0 saturated carbocycles. The van der Waals surface area contributed by atoms with Gasteiger partial charge in [0.1, 0.15) is 12.2 Å². The number of nitrogens with zero attached hydrogens (tertiary/aromatic N) is 1. The van der Waals surface area contributed by atoms with Gasteiger partial charge in [-0.1, -0.05) is 30.3 Å². The van der Waals surface area contributed by atoms with E-state index < -0.39 is 35.8 Å². The number of carbonyl (C=O) groups is 3. The summed E-state index contributed by atoms with van der Waals surface area (Å²) >= 11 is 0. The lowest BCUT2D eigenvalue weighted by Crippen LogP contribution is -2.56. The molecule has 2 amide bonds. The van der Waals surface area contributed by atoms with Gasteiger partial charge in [0.05, 0.1) is 18.5 Å². The van der Waals surface area contributed by atoms with Gasteiger partial charge in [-0.15, -0.1) is 0 Å². The topological polar surface area (TPSA) is 105 Å². The standard InChI is InChI=1S/C21H30N2O6/c1-21(2,3)29-19(26)22-16(13-18(24)25)17-11-7-8-12-23(17)20(27)28-14-15-9-5-4-6-10-15/h4-6,9-10,16-17H,7-8,11-14H2,1-3H3,(H,22,26)(H,24,25)/t16-,17+/m1/s1. The molecule has 0 spiro atoms. The molecule has 1 heterocycles. The van der Waals surface area contributed by atoms with Gasteiger partial charge in [0.25, 0.3) is 0 Å². The van der Waals surface area contributed by atoms with Crippen LogP contribution in [0.1, 0.15) is 52.0 Å². The van der Waals surface area contributed by atoms with E-state index in [1.165, 1.54) is 4.90 Å². The Kier molecular flexibility index (Phi) is 7.87. The molecule has 0 bridgehead atoms. The van der Waals surface area contributed by atoms with Gasteiger partial charge in [0, 0.05) is 6.54 Å². The van der Waals surface area contributed by atoms with E-state index in [1.807, 2.05) is 30.3 Å². The third-order valence-corrected chi connectivity index (χ3v) is 4.55. The summed E-state index contributed by atoms with van der Waals surface area (Å²) in [5.74, 6) is -1.06. The van der Waals surface area contributed by atoms with E-state index >= 15 is 0 Å². The third-order valence-electron chi connectivity index (χ3n) is 4.55. The molecule has 1 saturated heterocycles. The molecule has 1 aliphatic heterocycles. The molecule has 2 N–H and O–H groups in total. The lowest BCUT2D eigenvalue weighted by atomic mass is 9.94. The SMILES string of the molecule is CC(C)(C)OC(=O)N[C@H](CC(=O)O)[C@@H]1CCCCN1C(=O)OCc1ccccc1. The number of piperidine rings is 1. The number of rotatable bonds is 6. The number of carboxylic acids is 1. The number of likely N-dealkylation sites (tertiary alicyclic amines) is 1. The minimum absolute atomic E-state index is 0.131. The highest BCUT2D eigenvalue weighted by atomic mass is 16.6. The van der Waals surface area contributed by atoms with Crippen LogP contribution in [-0.4, -0.2) is 52.4 Å². The van der Waals surface area contributed by atoms with Gasteiger partial charge in [-0.05, 0) is 45.6 Å². The summed E-state index contributed by atoms with van der Waals surface area (Å²) in [5, 5.41) is 12.0. The predicted octanol–water partition coefficient (Wildman–Crippen LogP) is 3.55. The Morgan fingerprint density at radius 3 is 2.52 bits per heavy atom. The lowest BCUT2D eigenvalue weighted by Gasteiger charge is -2.39. The second-order valence-corrected chi connectivity index (χ2v) is 8.15. The quantitative estimate of drug-likeness (QED) is 0.749. The summed E-state index contributed by atoms with van der Waals surface area (Å²) in [5.41, 5.74) is 0.155. The highest BCUT2D eigenvalue weighted by Gasteiger charge is 2.36. The first-order valence-corrected chi connectivity index (χ1v) is 9.84. The van der Waals surface area contributed by atoms with E-state index in [0.29, 0.717) is 13.0 Å². The minimum atomic E-state index is -1.06. The zero-order valence-electron chi connectivity index (χ0n) is 17.2. The van der Waals surface area contributed by atoms with Crippen LogP contribution in [0.2, 0.25) is 0 Å². The molecule has 1 aliphatic rings. The summed E-state index contributed by atoms with van der Waals surface area (Å²) in [6.45, 7) is 5.77. The van der Waals surface area contributed by atoms with Crippen LogP contribution in [0, 0.1) is 0 Å². The van der Waals surface area contributed by atoms with Crippen LogP contribution in [0.3, 0.4) is 0 Å². The van der Waals surface area contributed by atoms with Crippen molar-refractivity contribution in [1.82, 2.24) is 10.2 Å². The summed E-state index contributed by atoms with van der Waals surface area (Å²) < 4.78 is 10.7. The number of amides is 2. The van der Waals surface area contributed by atoms with Crippen molar-refractivity contribution in [3.8, 4) is 0 Å². The van der Waals surface area contributed by atoms with Gasteiger partial charge in [0.2, 0.25) is 0 Å². The van der Waals surface area contributed by atoms with Gasteiger partial charge in [0.15, 0.2) is 0 Å². The van der Waals surface area contributed by atoms with E-state index in [9.17, 15) is 19.5 Å². The summed E-state index contributed by atoms with van der Waals surface area (Å²) in [7, 11) is 0. The molecule has 0 aromatic heterocycles. The molecule has 29 heavy (non-hydrogen) atoms. The molecule has 2 rings (SSSR count). The summed E-state index contributed by atoms with van der Waals surface area (Å²) in [4.78, 5) is 37.8. The number of hydrogen-bond donors (Lipinski definition) is 2.